The van der Waals surface area contributed by atoms with Crippen LogP contribution in [0.25, 0.3) is 0 Å². The van der Waals surface area contributed by atoms with Crippen LogP contribution in [0.4, 0.5) is 0 Å². The topological polar surface area (TPSA) is 32.3 Å². The van der Waals surface area contributed by atoms with Gasteiger partial charge in [0.15, 0.2) is 0 Å². The molecule has 0 unspecified atom stereocenters. The molecule has 3 heteroatoms. The summed E-state index contributed by atoms with van der Waals surface area (Å²) < 4.78 is 0. The number of nitrogens with one attached hydrogen (secondary N) is 1. The van der Waals surface area contributed by atoms with E-state index < -0.39 is 0 Å². The van der Waals surface area contributed by atoms with E-state index >= 15 is 0 Å². The predicted octanol–water partition coefficient (Wildman–Crippen LogP) is 0.608. The van der Waals surface area contributed by atoms with E-state index in [0.717, 1.165) is 13.1 Å². The lowest BCUT2D eigenvalue weighted by Crippen LogP contribution is -2.58. The molecule has 0 radical (unpaired) electrons. The summed E-state index contributed by atoms with van der Waals surface area (Å²) >= 11 is 0. The normalized spacial score (nSPS) is 25.8. The molecule has 0 saturated carbocycles. The quantitative estimate of drug-likeness (QED) is 0.644. The molecule has 2 fully saturated rings. The summed E-state index contributed by atoms with van der Waals surface area (Å²) in [4.78, 5) is 13.4. The van der Waals surface area contributed by atoms with Crippen molar-refractivity contribution >= 4 is 5.91 Å². The van der Waals surface area contributed by atoms with Gasteiger partial charge in [0.25, 0.3) is 0 Å². The predicted molar refractivity (Wildman–Crippen MR) is 51.4 cm³/mol. The van der Waals surface area contributed by atoms with Crippen LogP contribution in [0.1, 0.15) is 26.2 Å². The average molecular weight is 182 g/mol. The van der Waals surface area contributed by atoms with Crippen LogP contribution < -0.4 is 5.32 Å². The summed E-state index contributed by atoms with van der Waals surface area (Å²) in [5, 5.41) is 3.33. The molecular formula is C10H18N2O. The number of likely N-dealkylation sites (tertiary alicyclic amines) is 1. The maximum absolute atomic E-state index is 11.4. The van der Waals surface area contributed by atoms with Crippen molar-refractivity contribution in [1.29, 1.82) is 0 Å². The molecule has 0 aromatic rings. The number of nitrogens with zero attached hydrogens (tertiary/aromatic N) is 1. The fourth-order valence-electron chi connectivity index (χ4n) is 2.29. The van der Waals surface area contributed by atoms with Crippen molar-refractivity contribution in [2.24, 2.45) is 5.41 Å². The van der Waals surface area contributed by atoms with Gasteiger partial charge < -0.3 is 10.2 Å². The van der Waals surface area contributed by atoms with Gasteiger partial charge in [-0.1, -0.05) is 6.92 Å². The van der Waals surface area contributed by atoms with E-state index in [1.54, 1.807) is 0 Å². The zero-order chi connectivity index (χ0) is 9.31. The molecule has 2 rings (SSSR count). The molecule has 0 aromatic carbocycles. The van der Waals surface area contributed by atoms with Gasteiger partial charge in [0.2, 0.25) is 5.91 Å². The van der Waals surface area contributed by atoms with Crippen LogP contribution in [0.15, 0.2) is 0 Å². The Morgan fingerprint density at radius 3 is 2.38 bits per heavy atom. The van der Waals surface area contributed by atoms with Crippen LogP contribution in [-0.4, -0.2) is 37.0 Å². The standard InChI is InChI=1S/C10H18N2O/c1-2-9(13)12-5-3-10(4-6-12)7-11-8-10/h11H,2-8H2,1H3. The second-order valence-electron chi connectivity index (χ2n) is 4.34. The molecule has 13 heavy (non-hydrogen) atoms. The molecule has 3 nitrogen and oxygen atoms in total. The molecule has 74 valence electrons. The third kappa shape index (κ3) is 1.57. The van der Waals surface area contributed by atoms with Crippen molar-refractivity contribution in [2.45, 2.75) is 26.2 Å². The lowest BCUT2D eigenvalue weighted by molar-refractivity contribution is -0.133. The van der Waals surface area contributed by atoms with Crippen LogP contribution in [0.5, 0.6) is 0 Å². The van der Waals surface area contributed by atoms with Gasteiger partial charge >= 0.3 is 0 Å². The molecule has 0 aliphatic carbocycles. The summed E-state index contributed by atoms with van der Waals surface area (Å²) in [6.07, 6.45) is 3.06. The summed E-state index contributed by atoms with van der Waals surface area (Å²) in [6, 6.07) is 0. The Bertz CT molecular complexity index is 201. The number of amides is 1. The smallest absolute Gasteiger partial charge is 0.222 e. The molecular weight excluding hydrogens is 164 g/mol. The van der Waals surface area contributed by atoms with Gasteiger partial charge in [-0.15, -0.1) is 0 Å². The number of carbonyl (C=O) groups is 1. The van der Waals surface area contributed by atoms with E-state index in [9.17, 15) is 4.79 Å². The maximum Gasteiger partial charge on any atom is 0.222 e. The van der Waals surface area contributed by atoms with Gasteiger partial charge in [-0.2, -0.15) is 0 Å². The van der Waals surface area contributed by atoms with E-state index in [0.29, 0.717) is 17.7 Å². The van der Waals surface area contributed by atoms with Crippen LogP contribution in [0.2, 0.25) is 0 Å². The number of carbonyl (C=O) groups excluding carboxylic acids is 1. The largest absolute Gasteiger partial charge is 0.343 e. The highest BCUT2D eigenvalue weighted by molar-refractivity contribution is 5.75. The fourth-order valence-corrected chi connectivity index (χ4v) is 2.29. The first-order valence-electron chi connectivity index (χ1n) is 5.24. The Morgan fingerprint density at radius 1 is 1.38 bits per heavy atom. The molecule has 2 saturated heterocycles. The first kappa shape index (κ1) is 9.00. The Hall–Kier alpha value is -0.570. The average Bonchev–Trinajstić information content (AvgIpc) is 2.14. The second-order valence-corrected chi connectivity index (χ2v) is 4.34. The van der Waals surface area contributed by atoms with Gasteiger partial charge in [-0.05, 0) is 18.3 Å². The van der Waals surface area contributed by atoms with Crippen LogP contribution in [0, 0.1) is 5.41 Å². The zero-order valence-corrected chi connectivity index (χ0v) is 8.31. The lowest BCUT2D eigenvalue weighted by Gasteiger charge is -2.48. The van der Waals surface area contributed by atoms with E-state index in [-0.39, 0.29) is 0 Å². The molecule has 2 aliphatic heterocycles. The molecule has 0 aromatic heterocycles. The van der Waals surface area contributed by atoms with Crippen LogP contribution in [-0.2, 0) is 4.79 Å². The third-order valence-corrected chi connectivity index (χ3v) is 3.48. The number of rotatable bonds is 1. The fraction of sp³-hybridized carbons (Fsp3) is 0.900. The highest BCUT2D eigenvalue weighted by atomic mass is 16.2. The molecule has 1 amide bonds. The molecule has 2 heterocycles. The molecule has 0 bridgehead atoms. The van der Waals surface area contributed by atoms with Gasteiger partial charge in [-0.3, -0.25) is 4.79 Å². The summed E-state index contributed by atoms with van der Waals surface area (Å²) in [5.41, 5.74) is 0.560. The second kappa shape index (κ2) is 3.29. The first-order chi connectivity index (χ1) is 6.26. The monoisotopic (exact) mass is 182 g/mol. The van der Waals surface area contributed by atoms with Crippen molar-refractivity contribution in [1.82, 2.24) is 10.2 Å². The minimum Gasteiger partial charge on any atom is -0.343 e. The Balaban J connectivity index is 1.85. The molecule has 1 spiro atoms. The van der Waals surface area contributed by atoms with E-state index in [1.165, 1.54) is 25.9 Å². The van der Waals surface area contributed by atoms with Crippen molar-refractivity contribution in [3.8, 4) is 0 Å². The van der Waals surface area contributed by atoms with E-state index in [4.69, 9.17) is 0 Å². The molecule has 1 N–H and O–H groups in total. The summed E-state index contributed by atoms with van der Waals surface area (Å²) in [6.45, 7) is 6.24. The van der Waals surface area contributed by atoms with Crippen molar-refractivity contribution < 1.29 is 4.79 Å². The highest BCUT2D eigenvalue weighted by Gasteiger charge is 2.40. The zero-order valence-electron chi connectivity index (χ0n) is 8.31. The summed E-state index contributed by atoms with van der Waals surface area (Å²) in [7, 11) is 0. The van der Waals surface area contributed by atoms with E-state index in [2.05, 4.69) is 5.32 Å². The van der Waals surface area contributed by atoms with Crippen molar-refractivity contribution in [3.05, 3.63) is 0 Å². The van der Waals surface area contributed by atoms with Crippen LogP contribution in [0.3, 0.4) is 0 Å². The number of piperidine rings is 1. The number of hydrogen-bond acceptors (Lipinski definition) is 2. The van der Waals surface area contributed by atoms with Crippen molar-refractivity contribution in [2.75, 3.05) is 26.2 Å². The number of hydrogen-bond donors (Lipinski definition) is 1. The van der Waals surface area contributed by atoms with Crippen LogP contribution >= 0.6 is 0 Å². The van der Waals surface area contributed by atoms with Gasteiger partial charge in [0.05, 0.1) is 0 Å². The third-order valence-electron chi connectivity index (χ3n) is 3.48. The lowest BCUT2D eigenvalue weighted by atomic mass is 9.73. The van der Waals surface area contributed by atoms with Crippen molar-refractivity contribution in [3.63, 3.8) is 0 Å². The molecule has 0 atom stereocenters. The van der Waals surface area contributed by atoms with Gasteiger partial charge in [0.1, 0.15) is 0 Å². The Kier molecular flexibility index (Phi) is 2.28. The maximum atomic E-state index is 11.4. The Labute approximate surface area is 79.5 Å². The summed E-state index contributed by atoms with van der Waals surface area (Å²) in [5.74, 6) is 0.321. The minimum absolute atomic E-state index is 0.321. The SMILES string of the molecule is CCC(=O)N1CCC2(CC1)CNC2. The minimum atomic E-state index is 0.321. The first-order valence-corrected chi connectivity index (χ1v) is 5.24. The highest BCUT2D eigenvalue weighted by Crippen LogP contribution is 2.34. The Morgan fingerprint density at radius 2 is 2.00 bits per heavy atom. The van der Waals surface area contributed by atoms with E-state index in [1.807, 2.05) is 11.8 Å². The van der Waals surface area contributed by atoms with Gasteiger partial charge in [-0.25, -0.2) is 0 Å². The van der Waals surface area contributed by atoms with Gasteiger partial charge in [0, 0.05) is 32.6 Å². The molecule has 2 aliphatic rings.